The van der Waals surface area contributed by atoms with Gasteiger partial charge < -0.3 is 4.98 Å². The van der Waals surface area contributed by atoms with Gasteiger partial charge in [-0.25, -0.2) is 0 Å². The molecule has 100 valence electrons. The van der Waals surface area contributed by atoms with Crippen LogP contribution in [-0.4, -0.2) is 23.6 Å². The molecule has 3 aromatic rings. The highest BCUT2D eigenvalue weighted by molar-refractivity contribution is 7.94. The van der Waals surface area contributed by atoms with Crippen molar-refractivity contribution in [2.75, 3.05) is 4.72 Å². The summed E-state index contributed by atoms with van der Waals surface area (Å²) in [6.07, 6.45) is 1.54. The predicted molar refractivity (Wildman–Crippen MR) is 73.7 cm³/mol. The molecule has 9 heteroatoms. The quantitative estimate of drug-likeness (QED) is 0.764. The number of hydrogen-bond donors (Lipinski definition) is 2. The topological polar surface area (TPSA) is 112 Å². The van der Waals surface area contributed by atoms with Gasteiger partial charge in [-0.2, -0.15) is 13.7 Å². The van der Waals surface area contributed by atoms with E-state index in [0.29, 0.717) is 22.2 Å². The standard InChI is InChI=1S/C11H7N5O2S2/c12-4-7-5-13-10-8(7)2-1-3-9(10)16-20(17,18)11-15-14-6-19-11/h1-3,5-6,13,16H. The fourth-order valence-electron chi connectivity index (χ4n) is 1.80. The molecule has 2 heterocycles. The number of H-pyrrole nitrogens is 1. The number of rotatable bonds is 3. The second kappa shape index (κ2) is 4.59. The van der Waals surface area contributed by atoms with Crippen LogP contribution in [0.1, 0.15) is 5.56 Å². The third-order valence-corrected chi connectivity index (χ3v) is 5.11. The Kier molecular flexibility index (Phi) is 2.89. The van der Waals surface area contributed by atoms with Gasteiger partial charge in [-0.3, -0.25) is 4.72 Å². The third-order valence-electron chi connectivity index (χ3n) is 2.65. The smallest absolute Gasteiger partial charge is 0.291 e. The normalized spacial score (nSPS) is 11.3. The molecular weight excluding hydrogens is 298 g/mol. The van der Waals surface area contributed by atoms with Gasteiger partial charge in [0.25, 0.3) is 14.4 Å². The molecule has 0 aliphatic rings. The van der Waals surface area contributed by atoms with E-state index in [-0.39, 0.29) is 4.34 Å². The van der Waals surface area contributed by atoms with E-state index in [1.807, 2.05) is 6.07 Å². The number of aromatic amines is 1. The summed E-state index contributed by atoms with van der Waals surface area (Å²) in [6.45, 7) is 0. The van der Waals surface area contributed by atoms with E-state index in [9.17, 15) is 8.42 Å². The van der Waals surface area contributed by atoms with Gasteiger partial charge in [0.15, 0.2) is 0 Å². The van der Waals surface area contributed by atoms with Crippen molar-refractivity contribution >= 4 is 38.0 Å². The predicted octanol–water partition coefficient (Wildman–Crippen LogP) is 1.69. The third kappa shape index (κ3) is 2.01. The van der Waals surface area contributed by atoms with E-state index in [1.54, 1.807) is 18.2 Å². The molecule has 0 radical (unpaired) electrons. The van der Waals surface area contributed by atoms with Crippen molar-refractivity contribution in [1.82, 2.24) is 15.2 Å². The molecule has 0 spiro atoms. The Morgan fingerprint density at radius 1 is 1.40 bits per heavy atom. The summed E-state index contributed by atoms with van der Waals surface area (Å²) in [5.74, 6) is 0. The minimum absolute atomic E-state index is 0.110. The Morgan fingerprint density at radius 2 is 2.25 bits per heavy atom. The number of benzene rings is 1. The zero-order valence-corrected chi connectivity index (χ0v) is 11.5. The summed E-state index contributed by atoms with van der Waals surface area (Å²) < 4.78 is 26.5. The van der Waals surface area contributed by atoms with Crippen molar-refractivity contribution in [2.24, 2.45) is 0 Å². The molecule has 0 unspecified atom stereocenters. The molecule has 0 fully saturated rings. The molecule has 1 aromatic carbocycles. The lowest BCUT2D eigenvalue weighted by Crippen LogP contribution is -2.13. The summed E-state index contributed by atoms with van der Waals surface area (Å²) in [7, 11) is -3.77. The first-order valence-electron chi connectivity index (χ1n) is 5.41. The van der Waals surface area contributed by atoms with E-state index in [4.69, 9.17) is 5.26 Å². The number of nitrogens with one attached hydrogen (secondary N) is 2. The number of sulfonamides is 1. The second-order valence-electron chi connectivity index (χ2n) is 3.85. The molecule has 0 saturated heterocycles. The fraction of sp³-hybridized carbons (Fsp3) is 0. The lowest BCUT2D eigenvalue weighted by molar-refractivity contribution is 0.599. The zero-order valence-electron chi connectivity index (χ0n) is 9.86. The van der Waals surface area contributed by atoms with Crippen LogP contribution in [0.3, 0.4) is 0 Å². The number of hydrogen-bond acceptors (Lipinski definition) is 6. The average Bonchev–Trinajstić information content (AvgIpc) is 3.08. The Hall–Kier alpha value is -2.44. The van der Waals surface area contributed by atoms with Crippen LogP contribution in [0.2, 0.25) is 0 Å². The van der Waals surface area contributed by atoms with E-state index in [0.717, 1.165) is 11.3 Å². The van der Waals surface area contributed by atoms with Crippen molar-refractivity contribution in [2.45, 2.75) is 4.34 Å². The molecule has 0 bridgehead atoms. The van der Waals surface area contributed by atoms with Crippen LogP contribution in [0.4, 0.5) is 5.69 Å². The monoisotopic (exact) mass is 305 g/mol. The molecule has 2 aromatic heterocycles. The van der Waals surface area contributed by atoms with Crippen molar-refractivity contribution in [3.05, 3.63) is 35.5 Å². The first-order chi connectivity index (χ1) is 9.62. The molecule has 3 rings (SSSR count). The summed E-state index contributed by atoms with van der Waals surface area (Å²) in [6, 6.07) is 7.07. The molecule has 0 saturated carbocycles. The van der Waals surface area contributed by atoms with Gasteiger partial charge in [-0.15, -0.1) is 10.2 Å². The van der Waals surface area contributed by atoms with E-state index in [1.165, 1.54) is 11.7 Å². The Morgan fingerprint density at radius 3 is 2.95 bits per heavy atom. The lowest BCUT2D eigenvalue weighted by Gasteiger charge is -2.06. The Bertz CT molecular complexity index is 906. The van der Waals surface area contributed by atoms with Crippen LogP contribution in [0, 0.1) is 11.3 Å². The number of nitriles is 1. The van der Waals surface area contributed by atoms with Crippen LogP contribution in [0.15, 0.2) is 34.2 Å². The molecule has 2 N–H and O–H groups in total. The van der Waals surface area contributed by atoms with E-state index >= 15 is 0 Å². The zero-order chi connectivity index (χ0) is 14.2. The average molecular weight is 305 g/mol. The maximum Gasteiger partial charge on any atom is 0.291 e. The van der Waals surface area contributed by atoms with Gasteiger partial charge in [0.1, 0.15) is 11.6 Å². The second-order valence-corrected chi connectivity index (χ2v) is 6.54. The van der Waals surface area contributed by atoms with Crippen LogP contribution in [0.5, 0.6) is 0 Å². The molecular formula is C11H7N5O2S2. The van der Waals surface area contributed by atoms with Crippen molar-refractivity contribution in [3.63, 3.8) is 0 Å². The molecule has 0 aliphatic carbocycles. The van der Waals surface area contributed by atoms with Crippen molar-refractivity contribution < 1.29 is 8.42 Å². The maximum absolute atomic E-state index is 12.1. The minimum Gasteiger partial charge on any atom is -0.358 e. The largest absolute Gasteiger partial charge is 0.358 e. The summed E-state index contributed by atoms with van der Waals surface area (Å²) in [5, 5.41) is 16.7. The SMILES string of the molecule is N#Cc1c[nH]c2c(NS(=O)(=O)c3nncs3)cccc12. The highest BCUT2D eigenvalue weighted by atomic mass is 32.2. The number of aromatic nitrogens is 3. The van der Waals surface area contributed by atoms with Crippen molar-refractivity contribution in [3.8, 4) is 6.07 Å². The highest BCUT2D eigenvalue weighted by Gasteiger charge is 2.19. The molecule has 0 aliphatic heterocycles. The van der Waals surface area contributed by atoms with Gasteiger partial charge in [-0.1, -0.05) is 23.5 Å². The summed E-state index contributed by atoms with van der Waals surface area (Å²) in [5.41, 5.74) is 2.71. The number of para-hydroxylation sites is 1. The van der Waals surface area contributed by atoms with Crippen LogP contribution in [-0.2, 0) is 10.0 Å². The molecule has 0 atom stereocenters. The maximum atomic E-state index is 12.1. The first-order valence-corrected chi connectivity index (χ1v) is 7.77. The fourth-order valence-corrected chi connectivity index (χ4v) is 3.54. The number of nitrogens with zero attached hydrogens (tertiary/aromatic N) is 3. The molecule has 0 amide bonds. The Balaban J connectivity index is 2.09. The van der Waals surface area contributed by atoms with E-state index < -0.39 is 10.0 Å². The van der Waals surface area contributed by atoms with E-state index in [2.05, 4.69) is 19.9 Å². The van der Waals surface area contributed by atoms with Crippen molar-refractivity contribution in [1.29, 1.82) is 5.26 Å². The molecule has 7 nitrogen and oxygen atoms in total. The summed E-state index contributed by atoms with van der Waals surface area (Å²) >= 11 is 0.929. The van der Waals surface area contributed by atoms with Gasteiger partial charge >= 0.3 is 0 Å². The van der Waals surface area contributed by atoms with Gasteiger partial charge in [0, 0.05) is 11.6 Å². The van der Waals surface area contributed by atoms with Crippen LogP contribution >= 0.6 is 11.3 Å². The number of fused-ring (bicyclic) bond motifs is 1. The van der Waals surface area contributed by atoms with Gasteiger partial charge in [0.05, 0.1) is 16.8 Å². The van der Waals surface area contributed by atoms with Crippen LogP contribution < -0.4 is 4.72 Å². The lowest BCUT2D eigenvalue weighted by atomic mass is 10.2. The van der Waals surface area contributed by atoms with Gasteiger partial charge in [0.2, 0.25) is 0 Å². The molecule has 20 heavy (non-hydrogen) atoms. The first kappa shape index (κ1) is 12.6. The number of anilines is 1. The van der Waals surface area contributed by atoms with Crippen LogP contribution in [0.25, 0.3) is 10.9 Å². The Labute approximate surface area is 117 Å². The minimum atomic E-state index is -3.77. The van der Waals surface area contributed by atoms with Gasteiger partial charge in [-0.05, 0) is 6.07 Å². The highest BCUT2D eigenvalue weighted by Crippen LogP contribution is 2.27. The summed E-state index contributed by atoms with van der Waals surface area (Å²) in [4.78, 5) is 2.89.